The number of methoxy groups -OCH3 is 2. The number of nitrogens with one attached hydrogen (secondary N) is 2. The second kappa shape index (κ2) is 10.2. The van der Waals surface area contributed by atoms with Crippen molar-refractivity contribution in [3.05, 3.63) is 47.0 Å². The molecule has 0 heterocycles. The quantitative estimate of drug-likeness (QED) is 0.574. The van der Waals surface area contributed by atoms with E-state index in [2.05, 4.69) is 10.0 Å². The number of carbonyl (C=O) groups is 1. The normalized spacial score (nSPS) is 13.4. The number of anilines is 1. The van der Waals surface area contributed by atoms with Gasteiger partial charge in [-0.2, -0.15) is 0 Å². The first-order chi connectivity index (χ1) is 14.8. The number of aryl methyl sites for hydroxylation is 3. The lowest BCUT2D eigenvalue weighted by atomic mass is 9.92. The summed E-state index contributed by atoms with van der Waals surface area (Å²) < 4.78 is 38.3. The molecule has 2 aromatic carbocycles. The molecule has 0 aliphatic heterocycles. The van der Waals surface area contributed by atoms with Gasteiger partial charge in [-0.25, -0.2) is 13.1 Å². The molecule has 0 fully saturated rings. The number of sulfonamides is 1. The fraction of sp³-hybridized carbons (Fsp3) is 0.435. The maximum atomic E-state index is 12.6. The molecule has 0 atom stereocenters. The highest BCUT2D eigenvalue weighted by Crippen LogP contribution is 2.33. The van der Waals surface area contributed by atoms with Crippen LogP contribution in [0, 0.1) is 6.92 Å². The molecule has 0 bridgehead atoms. The van der Waals surface area contributed by atoms with Crippen molar-refractivity contribution in [1.29, 1.82) is 0 Å². The van der Waals surface area contributed by atoms with E-state index in [1.165, 1.54) is 12.7 Å². The third-order valence-electron chi connectivity index (χ3n) is 5.51. The number of amides is 1. The van der Waals surface area contributed by atoms with E-state index in [9.17, 15) is 13.2 Å². The number of hydrogen-bond donors (Lipinski definition) is 2. The summed E-state index contributed by atoms with van der Waals surface area (Å²) in [6, 6.07) is 8.87. The van der Waals surface area contributed by atoms with Gasteiger partial charge in [-0.15, -0.1) is 0 Å². The standard InChI is InChI=1S/C23H30N2O5S/c1-16-13-21(29-2)22(30-3)15-20(16)25-23(26)9-6-12-24-31(27,28)19-11-10-17-7-4-5-8-18(17)14-19/h10-11,13-15,24H,4-9,12H2,1-3H3,(H,25,26). The van der Waals surface area contributed by atoms with Crippen molar-refractivity contribution >= 4 is 21.6 Å². The van der Waals surface area contributed by atoms with Gasteiger partial charge in [0.2, 0.25) is 15.9 Å². The Morgan fingerprint density at radius 3 is 2.39 bits per heavy atom. The van der Waals surface area contributed by atoms with Crippen LogP contribution < -0.4 is 19.5 Å². The molecule has 8 heteroatoms. The van der Waals surface area contributed by atoms with Crippen LogP contribution in [0.3, 0.4) is 0 Å². The molecule has 0 saturated carbocycles. The van der Waals surface area contributed by atoms with E-state index in [1.54, 1.807) is 31.4 Å². The maximum Gasteiger partial charge on any atom is 0.240 e. The molecule has 0 aromatic heterocycles. The average molecular weight is 447 g/mol. The molecular weight excluding hydrogens is 416 g/mol. The van der Waals surface area contributed by atoms with Gasteiger partial charge < -0.3 is 14.8 Å². The van der Waals surface area contributed by atoms with Gasteiger partial charge >= 0.3 is 0 Å². The minimum atomic E-state index is -3.59. The average Bonchev–Trinajstić information content (AvgIpc) is 2.77. The monoisotopic (exact) mass is 446 g/mol. The SMILES string of the molecule is COc1cc(C)c(NC(=O)CCCNS(=O)(=O)c2ccc3c(c2)CCCC3)cc1OC. The Hall–Kier alpha value is -2.58. The summed E-state index contributed by atoms with van der Waals surface area (Å²) in [5.74, 6) is 0.930. The van der Waals surface area contributed by atoms with E-state index in [-0.39, 0.29) is 18.9 Å². The Kier molecular flexibility index (Phi) is 7.56. The van der Waals surface area contributed by atoms with Crippen molar-refractivity contribution in [3.8, 4) is 11.5 Å². The predicted octanol–water partition coefficient (Wildman–Crippen LogP) is 3.59. The van der Waals surface area contributed by atoms with Crippen LogP contribution in [0.1, 0.15) is 42.4 Å². The van der Waals surface area contributed by atoms with Crippen LogP contribution in [0.15, 0.2) is 35.2 Å². The Morgan fingerprint density at radius 2 is 1.68 bits per heavy atom. The van der Waals surface area contributed by atoms with E-state index in [0.717, 1.165) is 36.8 Å². The number of benzene rings is 2. The van der Waals surface area contributed by atoms with Gasteiger partial charge in [-0.05, 0) is 73.9 Å². The Bertz CT molecular complexity index is 1050. The molecule has 2 aromatic rings. The van der Waals surface area contributed by atoms with Crippen LogP contribution in [-0.4, -0.2) is 35.1 Å². The lowest BCUT2D eigenvalue weighted by Crippen LogP contribution is -2.26. The summed E-state index contributed by atoms with van der Waals surface area (Å²) in [4.78, 5) is 12.6. The molecule has 1 amide bonds. The zero-order valence-electron chi connectivity index (χ0n) is 18.3. The fourth-order valence-electron chi connectivity index (χ4n) is 3.74. The highest BCUT2D eigenvalue weighted by Gasteiger charge is 2.17. The topological polar surface area (TPSA) is 93.7 Å². The van der Waals surface area contributed by atoms with Gasteiger partial charge in [0.1, 0.15) is 0 Å². The van der Waals surface area contributed by atoms with Gasteiger partial charge in [-0.1, -0.05) is 6.07 Å². The molecule has 0 unspecified atom stereocenters. The summed E-state index contributed by atoms with van der Waals surface area (Å²) >= 11 is 0. The number of hydrogen-bond acceptors (Lipinski definition) is 5. The van der Waals surface area contributed by atoms with E-state index in [1.807, 2.05) is 13.0 Å². The molecule has 0 spiro atoms. The molecule has 2 N–H and O–H groups in total. The molecule has 1 aliphatic rings. The van der Waals surface area contributed by atoms with Gasteiger partial charge in [-0.3, -0.25) is 4.79 Å². The van der Waals surface area contributed by atoms with Gasteiger partial charge in [0.25, 0.3) is 0 Å². The van der Waals surface area contributed by atoms with E-state index < -0.39 is 10.0 Å². The van der Waals surface area contributed by atoms with Crippen LogP contribution in [0.25, 0.3) is 0 Å². The van der Waals surface area contributed by atoms with Gasteiger partial charge in [0, 0.05) is 24.7 Å². The van der Waals surface area contributed by atoms with Crippen LogP contribution in [0.5, 0.6) is 11.5 Å². The minimum absolute atomic E-state index is 0.191. The summed E-state index contributed by atoms with van der Waals surface area (Å²) in [7, 11) is -0.495. The molecule has 3 rings (SSSR count). The van der Waals surface area contributed by atoms with E-state index >= 15 is 0 Å². The number of rotatable bonds is 9. The number of ether oxygens (including phenoxy) is 2. The Morgan fingerprint density at radius 1 is 1.00 bits per heavy atom. The van der Waals surface area contributed by atoms with Crippen molar-refractivity contribution in [2.75, 3.05) is 26.1 Å². The molecule has 0 radical (unpaired) electrons. The smallest absolute Gasteiger partial charge is 0.240 e. The molecule has 1 aliphatic carbocycles. The zero-order valence-corrected chi connectivity index (χ0v) is 19.1. The predicted molar refractivity (Wildman–Crippen MR) is 120 cm³/mol. The van der Waals surface area contributed by atoms with Crippen LogP contribution in [-0.2, 0) is 27.7 Å². The number of carbonyl (C=O) groups excluding carboxylic acids is 1. The Labute approximate surface area is 184 Å². The van der Waals surface area contributed by atoms with E-state index in [4.69, 9.17) is 9.47 Å². The minimum Gasteiger partial charge on any atom is -0.493 e. The highest BCUT2D eigenvalue weighted by molar-refractivity contribution is 7.89. The highest BCUT2D eigenvalue weighted by atomic mass is 32.2. The third kappa shape index (κ3) is 5.77. The molecule has 0 saturated heterocycles. The summed E-state index contributed by atoms with van der Waals surface area (Å²) in [5.41, 5.74) is 3.85. The van der Waals surface area contributed by atoms with Crippen LogP contribution in [0.4, 0.5) is 5.69 Å². The first kappa shape index (κ1) is 23.1. The van der Waals surface area contributed by atoms with E-state index in [0.29, 0.717) is 28.5 Å². The fourth-order valence-corrected chi connectivity index (χ4v) is 4.87. The zero-order chi connectivity index (χ0) is 22.4. The summed E-state index contributed by atoms with van der Waals surface area (Å²) in [5, 5.41) is 2.85. The van der Waals surface area contributed by atoms with Crippen molar-refractivity contribution in [2.24, 2.45) is 0 Å². The Balaban J connectivity index is 1.52. The lowest BCUT2D eigenvalue weighted by Gasteiger charge is -2.16. The molecule has 31 heavy (non-hydrogen) atoms. The van der Waals surface area contributed by atoms with Gasteiger partial charge in [0.05, 0.1) is 19.1 Å². The number of fused-ring (bicyclic) bond motifs is 1. The lowest BCUT2D eigenvalue weighted by molar-refractivity contribution is -0.116. The second-order valence-corrected chi connectivity index (χ2v) is 9.48. The van der Waals surface area contributed by atoms with Crippen molar-refractivity contribution in [2.45, 2.75) is 50.3 Å². The van der Waals surface area contributed by atoms with Crippen LogP contribution >= 0.6 is 0 Å². The first-order valence-corrected chi connectivity index (χ1v) is 12.0. The third-order valence-corrected chi connectivity index (χ3v) is 6.97. The van der Waals surface area contributed by atoms with Crippen molar-refractivity contribution in [3.63, 3.8) is 0 Å². The maximum absolute atomic E-state index is 12.6. The largest absolute Gasteiger partial charge is 0.493 e. The summed E-state index contributed by atoms with van der Waals surface area (Å²) in [6.07, 6.45) is 4.77. The van der Waals surface area contributed by atoms with Gasteiger partial charge in [0.15, 0.2) is 11.5 Å². The summed E-state index contributed by atoms with van der Waals surface area (Å²) in [6.45, 7) is 2.06. The first-order valence-electron chi connectivity index (χ1n) is 10.5. The second-order valence-electron chi connectivity index (χ2n) is 7.71. The molecule has 168 valence electrons. The van der Waals surface area contributed by atoms with Crippen LogP contribution in [0.2, 0.25) is 0 Å². The van der Waals surface area contributed by atoms with Crippen molar-refractivity contribution < 1.29 is 22.7 Å². The molecule has 7 nitrogen and oxygen atoms in total. The van der Waals surface area contributed by atoms with Crippen molar-refractivity contribution in [1.82, 2.24) is 4.72 Å². The molecular formula is C23H30N2O5S.